The van der Waals surface area contributed by atoms with Crippen LogP contribution in [0, 0.1) is 23.7 Å². The Morgan fingerprint density at radius 1 is 1.33 bits per heavy atom. The Labute approximate surface area is 127 Å². The SMILES string of the molecule is Cc1cc[n+](CC(=O)O[C@@H]2C[C@H]3CC[C@@]2(C)C3(C)C)cc1. The second-order valence-electron chi connectivity index (χ2n) is 7.64. The lowest BCUT2D eigenvalue weighted by molar-refractivity contribution is -0.686. The van der Waals surface area contributed by atoms with Crippen molar-refractivity contribution in [2.24, 2.45) is 16.7 Å². The van der Waals surface area contributed by atoms with Gasteiger partial charge in [0.1, 0.15) is 6.10 Å². The van der Waals surface area contributed by atoms with Gasteiger partial charge in [-0.1, -0.05) is 20.8 Å². The van der Waals surface area contributed by atoms with Crippen LogP contribution < -0.4 is 4.57 Å². The third-order valence-electron chi connectivity index (χ3n) is 6.36. The standard InChI is InChI=1S/C18H26NO2/c1-13-6-9-19(10-7-13)12-16(20)21-15-11-14-5-8-18(15,4)17(14,2)3/h6-7,9-10,14-15H,5,8,11-12H2,1-4H3/q+1/t14-,15-,18-/m1/s1. The molecule has 3 rings (SSSR count). The summed E-state index contributed by atoms with van der Waals surface area (Å²) in [6.45, 7) is 9.33. The van der Waals surface area contributed by atoms with E-state index in [1.165, 1.54) is 18.4 Å². The minimum absolute atomic E-state index is 0.0878. The van der Waals surface area contributed by atoms with Gasteiger partial charge in [0.05, 0.1) is 0 Å². The second kappa shape index (κ2) is 4.82. The van der Waals surface area contributed by atoms with Crippen LogP contribution in [0.5, 0.6) is 0 Å². The number of ether oxygens (including phenoxy) is 1. The fourth-order valence-corrected chi connectivity index (χ4v) is 4.29. The Kier molecular flexibility index (Phi) is 3.34. The van der Waals surface area contributed by atoms with E-state index in [1.54, 1.807) is 0 Å². The zero-order chi connectivity index (χ0) is 15.3. The van der Waals surface area contributed by atoms with Crippen molar-refractivity contribution in [3.63, 3.8) is 0 Å². The number of pyridine rings is 1. The molecule has 21 heavy (non-hydrogen) atoms. The third-order valence-corrected chi connectivity index (χ3v) is 6.36. The topological polar surface area (TPSA) is 30.2 Å². The lowest BCUT2D eigenvalue weighted by atomic mass is 9.70. The summed E-state index contributed by atoms with van der Waals surface area (Å²) in [7, 11) is 0. The molecular formula is C18H26NO2+. The van der Waals surface area contributed by atoms with Crippen molar-refractivity contribution in [3.05, 3.63) is 30.1 Å². The van der Waals surface area contributed by atoms with Crippen LogP contribution in [-0.2, 0) is 16.1 Å². The Balaban J connectivity index is 1.65. The fraction of sp³-hybridized carbons (Fsp3) is 0.667. The second-order valence-corrected chi connectivity index (χ2v) is 7.64. The molecule has 0 saturated heterocycles. The molecule has 1 aromatic heterocycles. The normalized spacial score (nSPS) is 33.1. The first-order valence-electron chi connectivity index (χ1n) is 7.98. The highest BCUT2D eigenvalue weighted by atomic mass is 16.5. The Morgan fingerprint density at radius 3 is 2.52 bits per heavy atom. The number of hydrogen-bond donors (Lipinski definition) is 0. The lowest BCUT2D eigenvalue weighted by Gasteiger charge is -2.38. The average Bonchev–Trinajstić information content (AvgIpc) is 2.74. The van der Waals surface area contributed by atoms with Crippen LogP contribution in [0.3, 0.4) is 0 Å². The molecule has 3 atom stereocenters. The fourth-order valence-electron chi connectivity index (χ4n) is 4.29. The van der Waals surface area contributed by atoms with Crippen molar-refractivity contribution in [2.45, 2.75) is 59.6 Å². The van der Waals surface area contributed by atoms with E-state index in [-0.39, 0.29) is 22.9 Å². The van der Waals surface area contributed by atoms with E-state index in [9.17, 15) is 4.79 Å². The summed E-state index contributed by atoms with van der Waals surface area (Å²) in [5.74, 6) is 0.589. The molecule has 0 amide bonds. The molecule has 114 valence electrons. The molecule has 2 saturated carbocycles. The number of fused-ring (bicyclic) bond motifs is 2. The Hall–Kier alpha value is -1.38. The van der Waals surface area contributed by atoms with Crippen LogP contribution in [-0.4, -0.2) is 12.1 Å². The summed E-state index contributed by atoms with van der Waals surface area (Å²) in [6, 6.07) is 4.02. The minimum Gasteiger partial charge on any atom is -0.457 e. The predicted molar refractivity (Wildman–Crippen MR) is 80.5 cm³/mol. The monoisotopic (exact) mass is 288 g/mol. The smallest absolute Gasteiger partial charge is 0.372 e. The number of nitrogens with zero attached hydrogens (tertiary/aromatic N) is 1. The number of rotatable bonds is 3. The molecule has 0 aromatic carbocycles. The van der Waals surface area contributed by atoms with Gasteiger partial charge in [-0.25, -0.2) is 4.79 Å². The first kappa shape index (κ1) is 14.6. The molecule has 0 N–H and O–H groups in total. The zero-order valence-corrected chi connectivity index (χ0v) is 13.6. The summed E-state index contributed by atoms with van der Waals surface area (Å²) in [5.41, 5.74) is 1.63. The van der Waals surface area contributed by atoms with Crippen LogP contribution in [0.15, 0.2) is 24.5 Å². The maximum Gasteiger partial charge on any atom is 0.372 e. The first-order chi connectivity index (χ1) is 9.83. The van der Waals surface area contributed by atoms with Crippen LogP contribution >= 0.6 is 0 Å². The van der Waals surface area contributed by atoms with Crippen molar-refractivity contribution in [1.82, 2.24) is 0 Å². The number of aryl methyl sites for hydroxylation is 1. The molecule has 3 nitrogen and oxygen atoms in total. The number of aromatic nitrogens is 1. The minimum atomic E-state index is -0.113. The van der Waals surface area contributed by atoms with Crippen LogP contribution in [0.25, 0.3) is 0 Å². The first-order valence-corrected chi connectivity index (χ1v) is 7.98. The van der Waals surface area contributed by atoms with Crippen LogP contribution in [0.4, 0.5) is 0 Å². The summed E-state index contributed by atoms with van der Waals surface area (Å²) in [4.78, 5) is 12.2. The molecule has 2 bridgehead atoms. The largest absolute Gasteiger partial charge is 0.457 e. The van der Waals surface area contributed by atoms with Gasteiger partial charge in [-0.2, -0.15) is 4.57 Å². The Morgan fingerprint density at radius 2 is 2.00 bits per heavy atom. The summed E-state index contributed by atoms with van der Waals surface area (Å²) < 4.78 is 7.74. The molecule has 0 unspecified atom stereocenters. The number of hydrogen-bond acceptors (Lipinski definition) is 2. The van der Waals surface area contributed by atoms with Gasteiger partial charge in [-0.3, -0.25) is 0 Å². The zero-order valence-electron chi connectivity index (χ0n) is 13.6. The summed E-state index contributed by atoms with van der Waals surface area (Å²) in [5, 5.41) is 0. The summed E-state index contributed by atoms with van der Waals surface area (Å²) >= 11 is 0. The molecule has 2 fully saturated rings. The molecule has 3 heteroatoms. The molecule has 0 spiro atoms. The number of carbonyl (C=O) groups is 1. The Bertz CT molecular complexity index is 549. The van der Waals surface area contributed by atoms with Gasteiger partial charge in [-0.15, -0.1) is 0 Å². The van der Waals surface area contributed by atoms with E-state index in [0.717, 1.165) is 6.42 Å². The van der Waals surface area contributed by atoms with Crippen molar-refractivity contribution in [2.75, 3.05) is 0 Å². The highest BCUT2D eigenvalue weighted by molar-refractivity contribution is 5.68. The van der Waals surface area contributed by atoms with Crippen LogP contribution in [0.2, 0.25) is 0 Å². The van der Waals surface area contributed by atoms with Gasteiger partial charge in [0.15, 0.2) is 12.4 Å². The quantitative estimate of drug-likeness (QED) is 0.632. The highest BCUT2D eigenvalue weighted by Crippen LogP contribution is 2.66. The van der Waals surface area contributed by atoms with Crippen LogP contribution in [0.1, 0.15) is 45.6 Å². The molecular weight excluding hydrogens is 262 g/mol. The lowest BCUT2D eigenvalue weighted by Crippen LogP contribution is -2.43. The van der Waals surface area contributed by atoms with E-state index in [4.69, 9.17) is 4.74 Å². The van der Waals surface area contributed by atoms with E-state index in [2.05, 4.69) is 20.8 Å². The molecule has 1 aromatic rings. The maximum atomic E-state index is 12.2. The van der Waals surface area contributed by atoms with Gasteiger partial charge < -0.3 is 4.74 Å². The summed E-state index contributed by atoms with van der Waals surface area (Å²) in [6.07, 6.45) is 7.45. The number of carbonyl (C=O) groups excluding carboxylic acids is 1. The van der Waals surface area contributed by atoms with Gasteiger partial charge >= 0.3 is 5.97 Å². The molecule has 1 heterocycles. The van der Waals surface area contributed by atoms with Gasteiger partial charge in [0.25, 0.3) is 0 Å². The van der Waals surface area contributed by atoms with Crippen molar-refractivity contribution < 1.29 is 14.1 Å². The molecule has 2 aliphatic carbocycles. The van der Waals surface area contributed by atoms with E-state index in [1.807, 2.05) is 36.0 Å². The van der Waals surface area contributed by atoms with Crippen molar-refractivity contribution in [1.29, 1.82) is 0 Å². The van der Waals surface area contributed by atoms with E-state index < -0.39 is 0 Å². The van der Waals surface area contributed by atoms with E-state index in [0.29, 0.717) is 12.5 Å². The van der Waals surface area contributed by atoms with Crippen molar-refractivity contribution in [3.8, 4) is 0 Å². The third kappa shape index (κ3) is 2.27. The van der Waals surface area contributed by atoms with Gasteiger partial charge in [0, 0.05) is 17.5 Å². The van der Waals surface area contributed by atoms with Gasteiger partial charge in [0.2, 0.25) is 6.54 Å². The predicted octanol–water partition coefficient (Wildman–Crippen LogP) is 3.04. The molecule has 0 aliphatic heterocycles. The van der Waals surface area contributed by atoms with E-state index >= 15 is 0 Å². The molecule has 2 aliphatic rings. The highest BCUT2D eigenvalue weighted by Gasteiger charge is 2.62. The molecule has 0 radical (unpaired) electrons. The average molecular weight is 288 g/mol. The maximum absolute atomic E-state index is 12.2. The van der Waals surface area contributed by atoms with Gasteiger partial charge in [-0.05, 0) is 43.1 Å². The number of esters is 1. The van der Waals surface area contributed by atoms with Crippen molar-refractivity contribution >= 4 is 5.97 Å².